The minimum absolute atomic E-state index is 0.174. The molecular weight excluding hydrogens is 260 g/mol. The fourth-order valence-corrected chi connectivity index (χ4v) is 2.51. The molecule has 0 aromatic heterocycles. The van der Waals surface area contributed by atoms with Gasteiger partial charge in [-0.3, -0.25) is 0 Å². The SMILES string of the molecule is COc1cc(O[C@@H]2CCCC[C@H]2O)cc(OC)c1OC. The molecule has 1 aliphatic rings. The van der Waals surface area contributed by atoms with Crippen molar-refractivity contribution in [3.8, 4) is 23.0 Å². The molecule has 112 valence electrons. The Hall–Kier alpha value is -1.62. The first-order valence-corrected chi connectivity index (χ1v) is 6.84. The van der Waals surface area contributed by atoms with Crippen LogP contribution in [0.2, 0.25) is 0 Å². The van der Waals surface area contributed by atoms with E-state index in [-0.39, 0.29) is 6.10 Å². The first-order chi connectivity index (χ1) is 9.69. The minimum Gasteiger partial charge on any atom is -0.493 e. The van der Waals surface area contributed by atoms with Crippen LogP contribution in [0.5, 0.6) is 23.0 Å². The molecule has 0 spiro atoms. The number of hydrogen-bond donors (Lipinski definition) is 1. The van der Waals surface area contributed by atoms with Gasteiger partial charge in [0, 0.05) is 12.1 Å². The lowest BCUT2D eigenvalue weighted by Gasteiger charge is -2.28. The molecule has 1 aromatic rings. The van der Waals surface area contributed by atoms with Gasteiger partial charge in [-0.25, -0.2) is 0 Å². The molecule has 0 saturated heterocycles. The highest BCUT2D eigenvalue weighted by Gasteiger charge is 2.25. The maximum Gasteiger partial charge on any atom is 0.203 e. The molecule has 2 rings (SSSR count). The molecule has 1 saturated carbocycles. The summed E-state index contributed by atoms with van der Waals surface area (Å²) >= 11 is 0. The largest absolute Gasteiger partial charge is 0.493 e. The average Bonchev–Trinajstić information content (AvgIpc) is 2.48. The molecule has 0 radical (unpaired) electrons. The second kappa shape index (κ2) is 6.70. The molecule has 1 aromatic carbocycles. The van der Waals surface area contributed by atoms with Crippen molar-refractivity contribution in [3.05, 3.63) is 12.1 Å². The van der Waals surface area contributed by atoms with Crippen LogP contribution in [0.25, 0.3) is 0 Å². The zero-order chi connectivity index (χ0) is 14.5. The summed E-state index contributed by atoms with van der Waals surface area (Å²) in [6.07, 6.45) is 3.18. The zero-order valence-corrected chi connectivity index (χ0v) is 12.2. The summed E-state index contributed by atoms with van der Waals surface area (Å²) in [5.74, 6) is 2.25. The second-order valence-electron chi connectivity index (χ2n) is 4.87. The van der Waals surface area contributed by atoms with Gasteiger partial charge in [-0.15, -0.1) is 0 Å². The maximum atomic E-state index is 9.97. The highest BCUT2D eigenvalue weighted by Crippen LogP contribution is 2.41. The number of rotatable bonds is 5. The number of aliphatic hydroxyl groups is 1. The molecular formula is C15H22O5. The van der Waals surface area contributed by atoms with E-state index in [2.05, 4.69) is 0 Å². The van der Waals surface area contributed by atoms with Crippen LogP contribution in [0.4, 0.5) is 0 Å². The van der Waals surface area contributed by atoms with E-state index in [9.17, 15) is 5.11 Å². The van der Waals surface area contributed by atoms with E-state index in [0.717, 1.165) is 25.7 Å². The quantitative estimate of drug-likeness (QED) is 0.898. The highest BCUT2D eigenvalue weighted by atomic mass is 16.5. The van der Waals surface area contributed by atoms with Crippen LogP contribution in [0, 0.1) is 0 Å². The van der Waals surface area contributed by atoms with Crippen molar-refractivity contribution in [2.45, 2.75) is 37.9 Å². The van der Waals surface area contributed by atoms with Crippen molar-refractivity contribution in [2.75, 3.05) is 21.3 Å². The first kappa shape index (κ1) is 14.8. The molecule has 5 heteroatoms. The van der Waals surface area contributed by atoms with Gasteiger partial charge in [-0.05, 0) is 19.3 Å². The van der Waals surface area contributed by atoms with Gasteiger partial charge in [0.1, 0.15) is 11.9 Å². The molecule has 20 heavy (non-hydrogen) atoms. The van der Waals surface area contributed by atoms with Crippen LogP contribution in [0.1, 0.15) is 25.7 Å². The van der Waals surface area contributed by atoms with Crippen molar-refractivity contribution in [3.63, 3.8) is 0 Å². The lowest BCUT2D eigenvalue weighted by molar-refractivity contribution is 0.00664. The van der Waals surface area contributed by atoms with E-state index in [1.807, 2.05) is 0 Å². The van der Waals surface area contributed by atoms with Gasteiger partial charge in [0.05, 0.1) is 27.4 Å². The number of hydrogen-bond acceptors (Lipinski definition) is 5. The van der Waals surface area contributed by atoms with E-state index in [0.29, 0.717) is 23.0 Å². The first-order valence-electron chi connectivity index (χ1n) is 6.84. The van der Waals surface area contributed by atoms with Gasteiger partial charge in [-0.1, -0.05) is 6.42 Å². The molecule has 0 amide bonds. The Bertz CT molecular complexity index is 421. The molecule has 5 nitrogen and oxygen atoms in total. The third-order valence-corrected chi connectivity index (χ3v) is 3.59. The average molecular weight is 282 g/mol. The summed E-state index contributed by atoms with van der Waals surface area (Å²) in [7, 11) is 4.69. The molecule has 1 N–H and O–H groups in total. The van der Waals surface area contributed by atoms with Crippen molar-refractivity contribution in [2.24, 2.45) is 0 Å². The van der Waals surface area contributed by atoms with Gasteiger partial charge in [0.25, 0.3) is 0 Å². The van der Waals surface area contributed by atoms with E-state index >= 15 is 0 Å². The molecule has 1 fully saturated rings. The van der Waals surface area contributed by atoms with Gasteiger partial charge >= 0.3 is 0 Å². The van der Waals surface area contributed by atoms with E-state index in [1.165, 1.54) is 0 Å². The van der Waals surface area contributed by atoms with Crippen molar-refractivity contribution < 1.29 is 24.1 Å². The monoisotopic (exact) mass is 282 g/mol. The van der Waals surface area contributed by atoms with E-state index in [4.69, 9.17) is 18.9 Å². The molecule has 0 aliphatic heterocycles. The minimum atomic E-state index is -0.414. The van der Waals surface area contributed by atoms with Gasteiger partial charge in [0.2, 0.25) is 5.75 Å². The highest BCUT2D eigenvalue weighted by molar-refractivity contribution is 5.55. The number of aliphatic hydroxyl groups excluding tert-OH is 1. The summed E-state index contributed by atoms with van der Waals surface area (Å²) in [6, 6.07) is 3.51. The van der Waals surface area contributed by atoms with Crippen LogP contribution in [-0.2, 0) is 0 Å². The predicted octanol–water partition coefficient (Wildman–Crippen LogP) is 2.39. The topological polar surface area (TPSA) is 57.2 Å². The Morgan fingerprint density at radius 1 is 0.950 bits per heavy atom. The standard InChI is InChI=1S/C15H22O5/c1-17-13-8-10(9-14(18-2)15(13)19-3)20-12-7-5-4-6-11(12)16/h8-9,11-12,16H,4-7H2,1-3H3/t11-,12-/m1/s1. The lowest BCUT2D eigenvalue weighted by Crippen LogP contribution is -2.34. The Morgan fingerprint density at radius 2 is 1.55 bits per heavy atom. The number of methoxy groups -OCH3 is 3. The Balaban J connectivity index is 2.23. The van der Waals surface area contributed by atoms with Crippen molar-refractivity contribution in [1.82, 2.24) is 0 Å². The fourth-order valence-electron chi connectivity index (χ4n) is 2.51. The molecule has 0 bridgehead atoms. The van der Waals surface area contributed by atoms with Gasteiger partial charge in [-0.2, -0.15) is 0 Å². The maximum absolute atomic E-state index is 9.97. The van der Waals surface area contributed by atoms with E-state index < -0.39 is 6.10 Å². The van der Waals surface area contributed by atoms with Crippen LogP contribution in [0.3, 0.4) is 0 Å². The van der Waals surface area contributed by atoms with Crippen molar-refractivity contribution >= 4 is 0 Å². The normalized spacial score (nSPS) is 22.2. The van der Waals surface area contributed by atoms with Crippen LogP contribution in [0.15, 0.2) is 12.1 Å². The Kier molecular flexibility index (Phi) is 4.95. The summed E-state index contributed by atoms with van der Waals surface area (Å²) in [5, 5.41) is 9.97. The summed E-state index contributed by atoms with van der Waals surface area (Å²) in [4.78, 5) is 0. The van der Waals surface area contributed by atoms with Gasteiger partial charge in [0.15, 0.2) is 11.5 Å². The smallest absolute Gasteiger partial charge is 0.203 e. The molecule has 1 aliphatic carbocycles. The zero-order valence-electron chi connectivity index (χ0n) is 12.2. The van der Waals surface area contributed by atoms with Crippen molar-refractivity contribution in [1.29, 1.82) is 0 Å². The third-order valence-electron chi connectivity index (χ3n) is 3.59. The van der Waals surface area contributed by atoms with E-state index in [1.54, 1.807) is 33.5 Å². The number of benzene rings is 1. The molecule has 0 heterocycles. The Morgan fingerprint density at radius 3 is 2.05 bits per heavy atom. The van der Waals surface area contributed by atoms with Crippen LogP contribution < -0.4 is 18.9 Å². The lowest BCUT2D eigenvalue weighted by atomic mass is 9.95. The predicted molar refractivity (Wildman–Crippen MR) is 75.0 cm³/mol. The summed E-state index contributed by atoms with van der Waals surface area (Å²) in [6.45, 7) is 0. The van der Waals surface area contributed by atoms with Crippen LogP contribution >= 0.6 is 0 Å². The molecule has 0 unspecified atom stereocenters. The second-order valence-corrected chi connectivity index (χ2v) is 4.87. The Labute approximate surface area is 119 Å². The summed E-state index contributed by atoms with van der Waals surface area (Å²) in [5.41, 5.74) is 0. The van der Waals surface area contributed by atoms with Crippen LogP contribution in [-0.4, -0.2) is 38.6 Å². The third kappa shape index (κ3) is 3.10. The van der Waals surface area contributed by atoms with Gasteiger partial charge < -0.3 is 24.1 Å². The molecule has 2 atom stereocenters. The fraction of sp³-hybridized carbons (Fsp3) is 0.600. The number of ether oxygens (including phenoxy) is 4. The summed E-state index contributed by atoms with van der Waals surface area (Å²) < 4.78 is 21.7.